The number of ether oxygens (including phenoxy) is 2. The van der Waals surface area contributed by atoms with Gasteiger partial charge < -0.3 is 19.7 Å². The van der Waals surface area contributed by atoms with Gasteiger partial charge in [0.1, 0.15) is 0 Å². The van der Waals surface area contributed by atoms with Crippen molar-refractivity contribution in [1.82, 2.24) is 10.2 Å². The fourth-order valence-electron chi connectivity index (χ4n) is 2.70. The molecule has 0 amide bonds. The van der Waals surface area contributed by atoms with Crippen LogP contribution in [0.2, 0.25) is 0 Å². The van der Waals surface area contributed by atoms with Crippen LogP contribution in [0.3, 0.4) is 0 Å². The maximum absolute atomic E-state index is 5.73. The summed E-state index contributed by atoms with van der Waals surface area (Å²) in [5, 5.41) is 3.55. The lowest BCUT2D eigenvalue weighted by atomic mass is 10.0. The maximum atomic E-state index is 5.73. The Balaban J connectivity index is 1.90. The fourth-order valence-corrected chi connectivity index (χ4v) is 2.70. The van der Waals surface area contributed by atoms with Crippen LogP contribution in [-0.2, 0) is 6.54 Å². The van der Waals surface area contributed by atoms with Crippen molar-refractivity contribution >= 4 is 0 Å². The van der Waals surface area contributed by atoms with Crippen LogP contribution in [0.1, 0.15) is 25.8 Å². The molecule has 118 valence electrons. The van der Waals surface area contributed by atoms with Crippen LogP contribution < -0.4 is 14.8 Å². The lowest BCUT2D eigenvalue weighted by Crippen LogP contribution is -2.41. The van der Waals surface area contributed by atoms with Crippen molar-refractivity contribution in [2.75, 3.05) is 33.9 Å². The minimum atomic E-state index is 0.547. The van der Waals surface area contributed by atoms with E-state index in [1.165, 1.54) is 5.56 Å². The molecule has 1 aliphatic heterocycles. The number of likely N-dealkylation sites (N-methyl/N-ethyl adjacent to an activating group) is 1. The molecule has 0 saturated heterocycles. The Hall–Kier alpha value is -1.26. The predicted octanol–water partition coefficient (Wildman–Crippen LogP) is 2.52. The molecule has 1 N–H and O–H groups in total. The SMILES string of the molecule is CC(C)C(CNCc1ccc2c(c1)OCCCO2)N(C)C. The van der Waals surface area contributed by atoms with Crippen LogP contribution in [0, 0.1) is 5.92 Å². The van der Waals surface area contributed by atoms with E-state index in [-0.39, 0.29) is 0 Å². The van der Waals surface area contributed by atoms with Crippen LogP contribution in [0.15, 0.2) is 18.2 Å². The molecular weight excluding hydrogens is 264 g/mol. The average molecular weight is 292 g/mol. The van der Waals surface area contributed by atoms with Gasteiger partial charge in [0.05, 0.1) is 13.2 Å². The third-order valence-corrected chi connectivity index (χ3v) is 3.93. The summed E-state index contributed by atoms with van der Waals surface area (Å²) in [7, 11) is 4.28. The molecular formula is C17H28N2O2. The predicted molar refractivity (Wildman–Crippen MR) is 86.1 cm³/mol. The molecule has 1 aromatic rings. The Kier molecular flexibility index (Phi) is 5.88. The van der Waals surface area contributed by atoms with Crippen LogP contribution in [0.5, 0.6) is 11.5 Å². The highest BCUT2D eigenvalue weighted by Crippen LogP contribution is 2.30. The van der Waals surface area contributed by atoms with Crippen LogP contribution >= 0.6 is 0 Å². The zero-order valence-electron chi connectivity index (χ0n) is 13.7. The van der Waals surface area contributed by atoms with Crippen LogP contribution in [0.4, 0.5) is 0 Å². The Morgan fingerprint density at radius 2 is 1.86 bits per heavy atom. The zero-order valence-corrected chi connectivity index (χ0v) is 13.7. The van der Waals surface area contributed by atoms with E-state index in [1.807, 2.05) is 6.07 Å². The third-order valence-electron chi connectivity index (χ3n) is 3.93. The van der Waals surface area contributed by atoms with Gasteiger partial charge in [0.15, 0.2) is 11.5 Å². The molecule has 0 fully saturated rings. The maximum Gasteiger partial charge on any atom is 0.161 e. The van der Waals surface area contributed by atoms with E-state index in [9.17, 15) is 0 Å². The Morgan fingerprint density at radius 3 is 2.52 bits per heavy atom. The smallest absolute Gasteiger partial charge is 0.161 e. The molecule has 4 heteroatoms. The van der Waals surface area contributed by atoms with E-state index >= 15 is 0 Å². The summed E-state index contributed by atoms with van der Waals surface area (Å²) in [4.78, 5) is 2.28. The van der Waals surface area contributed by atoms with E-state index in [4.69, 9.17) is 9.47 Å². The number of nitrogens with zero attached hydrogens (tertiary/aromatic N) is 1. The van der Waals surface area contributed by atoms with Gasteiger partial charge in [0.25, 0.3) is 0 Å². The molecule has 0 saturated carbocycles. The van der Waals surface area contributed by atoms with Gasteiger partial charge in [-0.25, -0.2) is 0 Å². The van der Waals surface area contributed by atoms with Crippen molar-refractivity contribution in [2.24, 2.45) is 5.92 Å². The van der Waals surface area contributed by atoms with Gasteiger partial charge in [0.2, 0.25) is 0 Å². The number of benzene rings is 1. The summed E-state index contributed by atoms with van der Waals surface area (Å²) >= 11 is 0. The molecule has 1 unspecified atom stereocenters. The zero-order chi connectivity index (χ0) is 15.2. The van der Waals surface area contributed by atoms with Crippen molar-refractivity contribution in [1.29, 1.82) is 0 Å². The van der Waals surface area contributed by atoms with Crippen LogP contribution in [0.25, 0.3) is 0 Å². The monoisotopic (exact) mass is 292 g/mol. The van der Waals surface area contributed by atoms with Gasteiger partial charge in [-0.1, -0.05) is 19.9 Å². The molecule has 1 aromatic carbocycles. The van der Waals surface area contributed by atoms with E-state index in [0.29, 0.717) is 12.0 Å². The summed E-state index contributed by atoms with van der Waals surface area (Å²) in [6.07, 6.45) is 0.946. The molecule has 1 atom stereocenters. The fraction of sp³-hybridized carbons (Fsp3) is 0.647. The lowest BCUT2D eigenvalue weighted by Gasteiger charge is -2.28. The summed E-state index contributed by atoms with van der Waals surface area (Å²) in [5.41, 5.74) is 1.24. The van der Waals surface area contributed by atoms with Crippen molar-refractivity contribution < 1.29 is 9.47 Å². The second-order valence-electron chi connectivity index (χ2n) is 6.24. The molecule has 0 spiro atoms. The highest BCUT2D eigenvalue weighted by molar-refractivity contribution is 5.43. The summed E-state index contributed by atoms with van der Waals surface area (Å²) in [6.45, 7) is 7.84. The molecule has 2 rings (SSSR count). The van der Waals surface area contributed by atoms with Crippen molar-refractivity contribution in [2.45, 2.75) is 32.9 Å². The van der Waals surface area contributed by atoms with E-state index < -0.39 is 0 Å². The molecule has 0 aliphatic carbocycles. The summed E-state index contributed by atoms with van der Waals surface area (Å²) < 4.78 is 11.4. The van der Waals surface area contributed by atoms with Crippen molar-refractivity contribution in [3.8, 4) is 11.5 Å². The van der Waals surface area contributed by atoms with Crippen molar-refractivity contribution in [3.05, 3.63) is 23.8 Å². The first-order chi connectivity index (χ1) is 10.1. The standard InChI is InChI=1S/C17H28N2O2/c1-13(2)15(19(3)4)12-18-11-14-6-7-16-17(10-14)21-9-5-8-20-16/h6-7,10,13,15,18H,5,8-9,11-12H2,1-4H3. The first kappa shape index (κ1) is 16.1. The first-order valence-electron chi connectivity index (χ1n) is 7.83. The van der Waals surface area contributed by atoms with E-state index in [1.54, 1.807) is 0 Å². The highest BCUT2D eigenvalue weighted by Gasteiger charge is 2.15. The number of hydrogen-bond donors (Lipinski definition) is 1. The molecule has 0 bridgehead atoms. The number of fused-ring (bicyclic) bond motifs is 1. The molecule has 0 radical (unpaired) electrons. The Bertz CT molecular complexity index is 438. The Morgan fingerprint density at radius 1 is 1.14 bits per heavy atom. The normalized spacial score (nSPS) is 16.1. The van der Waals surface area contributed by atoms with Gasteiger partial charge >= 0.3 is 0 Å². The van der Waals surface area contributed by atoms with Crippen molar-refractivity contribution in [3.63, 3.8) is 0 Å². The van der Waals surface area contributed by atoms with Gasteiger partial charge in [-0.15, -0.1) is 0 Å². The lowest BCUT2D eigenvalue weighted by molar-refractivity contribution is 0.224. The van der Waals surface area contributed by atoms with Gasteiger partial charge in [-0.05, 0) is 37.7 Å². The number of rotatable bonds is 6. The van der Waals surface area contributed by atoms with Gasteiger partial charge in [0, 0.05) is 25.6 Å². The van der Waals surface area contributed by atoms with Crippen LogP contribution in [-0.4, -0.2) is 44.8 Å². The summed E-state index contributed by atoms with van der Waals surface area (Å²) in [5.74, 6) is 2.38. The molecule has 1 aliphatic rings. The quantitative estimate of drug-likeness (QED) is 0.873. The topological polar surface area (TPSA) is 33.7 Å². The van der Waals surface area contributed by atoms with E-state index in [0.717, 1.165) is 44.2 Å². The third kappa shape index (κ3) is 4.61. The van der Waals surface area contributed by atoms with Gasteiger partial charge in [-0.2, -0.15) is 0 Å². The molecule has 21 heavy (non-hydrogen) atoms. The minimum Gasteiger partial charge on any atom is -0.490 e. The Labute approximate surface area is 128 Å². The first-order valence-corrected chi connectivity index (χ1v) is 7.83. The minimum absolute atomic E-state index is 0.547. The second kappa shape index (κ2) is 7.66. The van der Waals surface area contributed by atoms with E-state index in [2.05, 4.69) is 50.3 Å². The van der Waals surface area contributed by atoms with Gasteiger partial charge in [-0.3, -0.25) is 0 Å². The molecule has 4 nitrogen and oxygen atoms in total. The molecule has 0 aromatic heterocycles. The second-order valence-corrected chi connectivity index (χ2v) is 6.24. The summed E-state index contributed by atoms with van der Waals surface area (Å²) in [6, 6.07) is 6.77. The highest BCUT2D eigenvalue weighted by atomic mass is 16.5. The average Bonchev–Trinajstić information content (AvgIpc) is 2.67. The molecule has 1 heterocycles. The largest absolute Gasteiger partial charge is 0.490 e. The number of nitrogens with one attached hydrogen (secondary N) is 1. The number of hydrogen-bond acceptors (Lipinski definition) is 4.